The quantitative estimate of drug-likeness (QED) is 0.572. The molecule has 140 valence electrons. The first kappa shape index (κ1) is 18.4. The Kier molecular flexibility index (Phi) is 5.58. The van der Waals surface area contributed by atoms with E-state index >= 15 is 0 Å². The molecule has 1 aromatic rings. The molecule has 1 atom stereocenters. The van der Waals surface area contributed by atoms with Gasteiger partial charge in [0, 0.05) is 5.56 Å². The molecule has 3 rings (SSSR count). The number of Topliss-reactive ketones (excluding diaryl/α,β-unsaturated/α-hetero) is 1. The van der Waals surface area contributed by atoms with Gasteiger partial charge in [-0.2, -0.15) is 0 Å². The summed E-state index contributed by atoms with van der Waals surface area (Å²) < 4.78 is 5.44. The lowest BCUT2D eigenvalue weighted by molar-refractivity contribution is -0.946. The monoisotopic (exact) mass is 361 g/mol. The van der Waals surface area contributed by atoms with Crippen LogP contribution in [0.1, 0.15) is 18.5 Å². The van der Waals surface area contributed by atoms with Crippen LogP contribution in [0.3, 0.4) is 0 Å². The highest BCUT2D eigenvalue weighted by molar-refractivity contribution is 6.08. The zero-order valence-electron chi connectivity index (χ0n) is 15.3. The van der Waals surface area contributed by atoms with Gasteiger partial charge in [-0.05, 0) is 13.0 Å². The number of amides is 1. The molecule has 0 radical (unpaired) electrons. The van der Waals surface area contributed by atoms with Gasteiger partial charge < -0.3 is 25.0 Å². The SMILES string of the molecule is COc1ccccc1[C@@H]1C(C(C)=O)=C(O)C(=O)N1CC[NH+]1CC[NH2+]CC1. The van der Waals surface area contributed by atoms with Crippen LogP contribution in [-0.2, 0) is 9.59 Å². The number of benzene rings is 1. The second kappa shape index (κ2) is 7.88. The lowest BCUT2D eigenvalue weighted by Gasteiger charge is -2.30. The van der Waals surface area contributed by atoms with Crippen LogP contribution in [0.25, 0.3) is 0 Å². The summed E-state index contributed by atoms with van der Waals surface area (Å²) >= 11 is 0. The van der Waals surface area contributed by atoms with Crippen molar-refractivity contribution in [2.24, 2.45) is 0 Å². The summed E-state index contributed by atoms with van der Waals surface area (Å²) in [7, 11) is 1.56. The van der Waals surface area contributed by atoms with Gasteiger partial charge in [0.1, 0.15) is 31.9 Å². The van der Waals surface area contributed by atoms with E-state index in [-0.39, 0.29) is 11.4 Å². The summed E-state index contributed by atoms with van der Waals surface area (Å²) in [6, 6.07) is 6.73. The summed E-state index contributed by atoms with van der Waals surface area (Å²) in [6.45, 7) is 6.95. The molecule has 1 fully saturated rings. The number of ether oxygens (including phenoxy) is 1. The number of piperazine rings is 1. The van der Waals surface area contributed by atoms with Crippen molar-refractivity contribution in [3.05, 3.63) is 41.2 Å². The zero-order valence-corrected chi connectivity index (χ0v) is 15.3. The Balaban J connectivity index is 1.91. The van der Waals surface area contributed by atoms with E-state index in [9.17, 15) is 14.7 Å². The van der Waals surface area contributed by atoms with E-state index in [0.717, 1.165) is 38.3 Å². The minimum atomic E-state index is -0.605. The largest absolute Gasteiger partial charge is 0.503 e. The van der Waals surface area contributed by atoms with Crippen molar-refractivity contribution < 1.29 is 29.6 Å². The maximum absolute atomic E-state index is 12.7. The summed E-state index contributed by atoms with van der Waals surface area (Å²) in [5.41, 5.74) is 0.876. The summed E-state index contributed by atoms with van der Waals surface area (Å²) in [4.78, 5) is 27.9. The van der Waals surface area contributed by atoms with Crippen LogP contribution < -0.4 is 15.0 Å². The molecule has 7 heteroatoms. The van der Waals surface area contributed by atoms with E-state index in [0.29, 0.717) is 12.3 Å². The minimum Gasteiger partial charge on any atom is -0.503 e. The lowest BCUT2D eigenvalue weighted by Crippen LogP contribution is -3.20. The molecule has 1 saturated heterocycles. The third-order valence-electron chi connectivity index (χ3n) is 5.23. The second-order valence-corrected chi connectivity index (χ2v) is 6.83. The number of ketones is 1. The fourth-order valence-electron chi connectivity index (χ4n) is 3.87. The second-order valence-electron chi connectivity index (χ2n) is 6.83. The molecule has 0 saturated carbocycles. The fraction of sp³-hybridized carbons (Fsp3) is 0.474. The number of hydrogen-bond acceptors (Lipinski definition) is 4. The lowest BCUT2D eigenvalue weighted by atomic mass is 9.96. The molecule has 4 N–H and O–H groups in total. The fourth-order valence-corrected chi connectivity index (χ4v) is 3.87. The van der Waals surface area contributed by atoms with Gasteiger partial charge in [0.15, 0.2) is 11.5 Å². The van der Waals surface area contributed by atoms with Crippen molar-refractivity contribution in [3.63, 3.8) is 0 Å². The summed E-state index contributed by atoms with van der Waals surface area (Å²) in [6.07, 6.45) is 0. The molecule has 2 heterocycles. The molecule has 0 aliphatic carbocycles. The topological polar surface area (TPSA) is 87.9 Å². The number of nitrogens with one attached hydrogen (secondary N) is 1. The normalized spacial score (nSPS) is 21.4. The molecule has 2 aliphatic heterocycles. The van der Waals surface area contributed by atoms with Gasteiger partial charge in [-0.25, -0.2) is 0 Å². The Morgan fingerprint density at radius 3 is 2.69 bits per heavy atom. The van der Waals surface area contributed by atoms with Gasteiger partial charge >= 0.3 is 0 Å². The Morgan fingerprint density at radius 1 is 1.35 bits per heavy atom. The number of methoxy groups -OCH3 is 1. The number of carbonyl (C=O) groups excluding carboxylic acids is 2. The number of hydrogen-bond donors (Lipinski definition) is 3. The average Bonchev–Trinajstić information content (AvgIpc) is 2.91. The highest BCUT2D eigenvalue weighted by Crippen LogP contribution is 2.40. The van der Waals surface area contributed by atoms with Crippen molar-refractivity contribution in [1.82, 2.24) is 4.90 Å². The van der Waals surface area contributed by atoms with Crippen molar-refractivity contribution in [2.75, 3.05) is 46.4 Å². The van der Waals surface area contributed by atoms with Crippen LogP contribution in [-0.4, -0.2) is 68.1 Å². The predicted octanol–water partition coefficient (Wildman–Crippen LogP) is -1.56. The van der Waals surface area contributed by atoms with E-state index in [2.05, 4.69) is 5.32 Å². The van der Waals surface area contributed by atoms with E-state index < -0.39 is 17.7 Å². The number of aliphatic hydroxyl groups excluding tert-OH is 1. The number of nitrogens with zero attached hydrogens (tertiary/aromatic N) is 1. The Bertz CT molecular complexity index is 725. The van der Waals surface area contributed by atoms with Crippen LogP contribution in [0.4, 0.5) is 0 Å². The zero-order chi connectivity index (χ0) is 18.7. The molecule has 0 spiro atoms. The first-order valence-electron chi connectivity index (χ1n) is 9.07. The van der Waals surface area contributed by atoms with Gasteiger partial charge in [-0.1, -0.05) is 18.2 Å². The average molecular weight is 361 g/mol. The summed E-state index contributed by atoms with van der Waals surface area (Å²) in [5.74, 6) is -0.609. The van der Waals surface area contributed by atoms with Crippen LogP contribution >= 0.6 is 0 Å². The Morgan fingerprint density at radius 2 is 2.04 bits per heavy atom. The minimum absolute atomic E-state index is 0.154. The van der Waals surface area contributed by atoms with Crippen LogP contribution in [0.2, 0.25) is 0 Å². The molecule has 1 aromatic carbocycles. The molecule has 1 amide bonds. The Labute approximate surface area is 153 Å². The van der Waals surface area contributed by atoms with Crippen molar-refractivity contribution in [3.8, 4) is 5.75 Å². The van der Waals surface area contributed by atoms with Crippen LogP contribution in [0, 0.1) is 0 Å². The van der Waals surface area contributed by atoms with Crippen molar-refractivity contribution in [1.29, 1.82) is 0 Å². The van der Waals surface area contributed by atoms with Crippen LogP contribution in [0.15, 0.2) is 35.6 Å². The van der Waals surface area contributed by atoms with Gasteiger partial charge in [-0.15, -0.1) is 0 Å². The molecule has 26 heavy (non-hydrogen) atoms. The van der Waals surface area contributed by atoms with E-state index in [1.807, 2.05) is 18.2 Å². The van der Waals surface area contributed by atoms with Crippen molar-refractivity contribution in [2.45, 2.75) is 13.0 Å². The first-order valence-corrected chi connectivity index (χ1v) is 9.07. The number of nitrogens with two attached hydrogens (primary N) is 1. The number of rotatable bonds is 6. The molecule has 0 bridgehead atoms. The van der Waals surface area contributed by atoms with Gasteiger partial charge in [0.2, 0.25) is 0 Å². The number of para-hydroxylation sites is 1. The van der Waals surface area contributed by atoms with Gasteiger partial charge in [0.25, 0.3) is 5.91 Å². The third-order valence-corrected chi connectivity index (χ3v) is 5.23. The molecule has 7 nitrogen and oxygen atoms in total. The highest BCUT2D eigenvalue weighted by Gasteiger charge is 2.43. The molecular formula is C19H27N3O4+2. The van der Waals surface area contributed by atoms with Gasteiger partial charge in [0.05, 0.1) is 31.8 Å². The predicted molar refractivity (Wildman–Crippen MR) is 95.0 cm³/mol. The van der Waals surface area contributed by atoms with E-state index in [4.69, 9.17) is 4.74 Å². The molecule has 0 unspecified atom stereocenters. The number of carbonyl (C=O) groups is 2. The first-order chi connectivity index (χ1) is 12.5. The Hall–Kier alpha value is -2.38. The third kappa shape index (κ3) is 3.45. The molecule has 0 aromatic heterocycles. The maximum atomic E-state index is 12.7. The molecule has 2 aliphatic rings. The van der Waals surface area contributed by atoms with E-state index in [1.165, 1.54) is 11.8 Å². The summed E-state index contributed by atoms with van der Waals surface area (Å²) in [5, 5.41) is 12.6. The van der Waals surface area contributed by atoms with Crippen LogP contribution in [0.5, 0.6) is 5.75 Å². The van der Waals surface area contributed by atoms with Gasteiger partial charge in [-0.3, -0.25) is 9.59 Å². The smallest absolute Gasteiger partial charge is 0.290 e. The number of quaternary nitrogens is 2. The highest BCUT2D eigenvalue weighted by atomic mass is 16.5. The maximum Gasteiger partial charge on any atom is 0.290 e. The number of aliphatic hydroxyl groups is 1. The van der Waals surface area contributed by atoms with Crippen molar-refractivity contribution >= 4 is 11.7 Å². The standard InChI is InChI=1S/C19H25N3O4/c1-13(23)16-17(14-5-3-4-6-15(14)26-2)22(19(25)18(16)24)12-11-21-9-7-20-8-10-21/h3-6,17,20,24H,7-12H2,1-2H3/p+2/t17-/m1/s1. The van der Waals surface area contributed by atoms with E-state index in [1.54, 1.807) is 18.1 Å². The molecular weight excluding hydrogens is 334 g/mol.